The van der Waals surface area contributed by atoms with E-state index in [0.29, 0.717) is 12.5 Å². The van der Waals surface area contributed by atoms with E-state index in [9.17, 15) is 9.18 Å². The van der Waals surface area contributed by atoms with Crippen LogP contribution in [0.4, 0.5) is 10.1 Å². The number of nitrogen functional groups attached to an aromatic ring is 1. The zero-order valence-corrected chi connectivity index (χ0v) is 11.5. The first kappa shape index (κ1) is 15.3. The Balaban J connectivity index is 2.75. The average molecular weight is 269 g/mol. The predicted octanol–water partition coefficient (Wildman–Crippen LogP) is 3.01. The highest BCUT2D eigenvalue weighted by atomic mass is 19.1. The fourth-order valence-corrected chi connectivity index (χ4v) is 1.64. The monoisotopic (exact) mass is 269 g/mol. The van der Waals surface area contributed by atoms with Gasteiger partial charge in [0, 0.05) is 11.8 Å². The number of rotatable bonds is 6. The van der Waals surface area contributed by atoms with E-state index in [2.05, 4.69) is 18.6 Å². The smallest absolute Gasteiger partial charge is 0.340 e. The molecule has 0 bridgehead atoms. The maximum Gasteiger partial charge on any atom is 0.340 e. The molecule has 0 saturated heterocycles. The van der Waals surface area contributed by atoms with Gasteiger partial charge in [0.2, 0.25) is 0 Å². The molecule has 0 fully saturated rings. The van der Waals surface area contributed by atoms with Gasteiger partial charge in [-0.1, -0.05) is 13.8 Å². The first-order valence-corrected chi connectivity index (χ1v) is 6.25. The standard InChI is InChI=1S/C14H20FNO3/c1-9(2)5-4-6-19-13-7-10(14(17)18-3)12(16)8-11(13)15/h7-9H,4-6,16H2,1-3H3. The van der Waals surface area contributed by atoms with Gasteiger partial charge in [-0.25, -0.2) is 9.18 Å². The largest absolute Gasteiger partial charge is 0.490 e. The second kappa shape index (κ2) is 6.97. The topological polar surface area (TPSA) is 61.5 Å². The van der Waals surface area contributed by atoms with Crippen molar-refractivity contribution in [1.82, 2.24) is 0 Å². The molecule has 2 N–H and O–H groups in total. The molecule has 0 atom stereocenters. The second-order valence-corrected chi connectivity index (χ2v) is 4.75. The van der Waals surface area contributed by atoms with Crippen LogP contribution in [0.1, 0.15) is 37.0 Å². The van der Waals surface area contributed by atoms with Crippen LogP contribution in [0.25, 0.3) is 0 Å². The Bertz CT molecular complexity index is 447. The molecular formula is C14H20FNO3. The highest BCUT2D eigenvalue weighted by Crippen LogP contribution is 2.25. The first-order chi connectivity index (χ1) is 8.95. The SMILES string of the molecule is COC(=O)c1cc(OCCCC(C)C)c(F)cc1N. The van der Waals surface area contributed by atoms with E-state index >= 15 is 0 Å². The lowest BCUT2D eigenvalue weighted by atomic mass is 10.1. The fraction of sp³-hybridized carbons (Fsp3) is 0.500. The van der Waals surface area contributed by atoms with Crippen LogP contribution in [0.3, 0.4) is 0 Å². The molecule has 1 aromatic carbocycles. The number of hydrogen-bond donors (Lipinski definition) is 1. The lowest BCUT2D eigenvalue weighted by Crippen LogP contribution is -2.08. The summed E-state index contributed by atoms with van der Waals surface area (Å²) in [4.78, 5) is 11.4. The molecule has 19 heavy (non-hydrogen) atoms. The Hall–Kier alpha value is -1.78. The van der Waals surface area contributed by atoms with Crippen molar-refractivity contribution < 1.29 is 18.7 Å². The van der Waals surface area contributed by atoms with Crippen LogP contribution in [0.5, 0.6) is 5.75 Å². The highest BCUT2D eigenvalue weighted by molar-refractivity contribution is 5.95. The van der Waals surface area contributed by atoms with E-state index in [1.807, 2.05) is 0 Å². The molecule has 0 aliphatic rings. The van der Waals surface area contributed by atoms with Crippen LogP contribution in [0.15, 0.2) is 12.1 Å². The normalized spacial score (nSPS) is 10.6. The summed E-state index contributed by atoms with van der Waals surface area (Å²) < 4.78 is 23.5. The zero-order chi connectivity index (χ0) is 14.4. The summed E-state index contributed by atoms with van der Waals surface area (Å²) >= 11 is 0. The van der Waals surface area contributed by atoms with E-state index in [4.69, 9.17) is 10.5 Å². The Morgan fingerprint density at radius 3 is 2.68 bits per heavy atom. The molecule has 0 aromatic heterocycles. The summed E-state index contributed by atoms with van der Waals surface area (Å²) in [6.45, 7) is 4.62. The Kier molecular flexibility index (Phi) is 5.60. The minimum absolute atomic E-state index is 0.0263. The molecule has 0 spiro atoms. The quantitative estimate of drug-likeness (QED) is 0.490. The van der Waals surface area contributed by atoms with Crippen molar-refractivity contribution in [3.63, 3.8) is 0 Å². The number of hydrogen-bond acceptors (Lipinski definition) is 4. The molecule has 4 nitrogen and oxygen atoms in total. The van der Waals surface area contributed by atoms with Crippen molar-refractivity contribution in [1.29, 1.82) is 0 Å². The number of anilines is 1. The highest BCUT2D eigenvalue weighted by Gasteiger charge is 2.15. The Morgan fingerprint density at radius 2 is 2.11 bits per heavy atom. The van der Waals surface area contributed by atoms with Crippen LogP contribution in [-0.4, -0.2) is 19.7 Å². The number of halogens is 1. The number of methoxy groups -OCH3 is 1. The van der Waals surface area contributed by atoms with E-state index in [0.717, 1.165) is 18.9 Å². The van der Waals surface area contributed by atoms with Gasteiger partial charge in [0.25, 0.3) is 0 Å². The summed E-state index contributed by atoms with van der Waals surface area (Å²) in [6, 6.07) is 2.36. The predicted molar refractivity (Wildman–Crippen MR) is 71.7 cm³/mol. The molecule has 0 radical (unpaired) electrons. The number of esters is 1. The molecule has 0 aliphatic heterocycles. The molecule has 0 aliphatic carbocycles. The summed E-state index contributed by atoms with van der Waals surface area (Å²) in [5, 5.41) is 0. The number of carbonyl (C=O) groups is 1. The lowest BCUT2D eigenvalue weighted by Gasteiger charge is -2.11. The fourth-order valence-electron chi connectivity index (χ4n) is 1.64. The lowest BCUT2D eigenvalue weighted by molar-refractivity contribution is 0.0601. The Labute approximate surface area is 112 Å². The van der Waals surface area contributed by atoms with E-state index < -0.39 is 11.8 Å². The van der Waals surface area contributed by atoms with Gasteiger partial charge in [-0.3, -0.25) is 0 Å². The van der Waals surface area contributed by atoms with Crippen molar-refractivity contribution in [3.05, 3.63) is 23.5 Å². The van der Waals surface area contributed by atoms with Crippen molar-refractivity contribution >= 4 is 11.7 Å². The van der Waals surface area contributed by atoms with Crippen LogP contribution in [-0.2, 0) is 4.74 Å². The molecule has 106 valence electrons. The van der Waals surface area contributed by atoms with Crippen molar-refractivity contribution in [2.75, 3.05) is 19.5 Å². The summed E-state index contributed by atoms with van der Waals surface area (Å²) in [7, 11) is 1.24. The summed E-state index contributed by atoms with van der Waals surface area (Å²) in [6.07, 6.45) is 1.83. The first-order valence-electron chi connectivity index (χ1n) is 6.25. The third kappa shape index (κ3) is 4.43. The molecule has 0 heterocycles. The van der Waals surface area contributed by atoms with Crippen LogP contribution in [0.2, 0.25) is 0 Å². The van der Waals surface area contributed by atoms with Crippen LogP contribution < -0.4 is 10.5 Å². The van der Waals surface area contributed by atoms with Crippen LogP contribution >= 0.6 is 0 Å². The van der Waals surface area contributed by atoms with Gasteiger partial charge in [0.05, 0.1) is 19.3 Å². The number of carbonyl (C=O) groups excluding carboxylic acids is 1. The minimum Gasteiger partial charge on any atom is -0.490 e. The molecule has 0 saturated carbocycles. The van der Waals surface area contributed by atoms with Crippen molar-refractivity contribution in [2.45, 2.75) is 26.7 Å². The number of benzene rings is 1. The van der Waals surface area contributed by atoms with E-state index in [1.165, 1.54) is 13.2 Å². The van der Waals surface area contributed by atoms with E-state index in [1.54, 1.807) is 0 Å². The van der Waals surface area contributed by atoms with Gasteiger partial charge in [0.1, 0.15) is 0 Å². The molecule has 0 unspecified atom stereocenters. The third-order valence-electron chi connectivity index (χ3n) is 2.69. The molecule has 1 rings (SSSR count). The maximum atomic E-state index is 13.6. The van der Waals surface area contributed by atoms with Gasteiger partial charge in [-0.2, -0.15) is 0 Å². The average Bonchev–Trinajstić information content (AvgIpc) is 2.35. The van der Waals surface area contributed by atoms with Gasteiger partial charge < -0.3 is 15.2 Å². The summed E-state index contributed by atoms with van der Waals surface area (Å²) in [5.41, 5.74) is 5.72. The molecular weight excluding hydrogens is 249 g/mol. The number of nitrogens with two attached hydrogens (primary N) is 1. The van der Waals surface area contributed by atoms with Crippen molar-refractivity contribution in [2.24, 2.45) is 5.92 Å². The van der Waals surface area contributed by atoms with Crippen LogP contribution in [0, 0.1) is 11.7 Å². The van der Waals surface area contributed by atoms with Gasteiger partial charge in [-0.15, -0.1) is 0 Å². The second-order valence-electron chi connectivity index (χ2n) is 4.75. The van der Waals surface area contributed by atoms with Gasteiger partial charge in [0.15, 0.2) is 11.6 Å². The van der Waals surface area contributed by atoms with E-state index in [-0.39, 0.29) is 17.0 Å². The van der Waals surface area contributed by atoms with Crippen molar-refractivity contribution in [3.8, 4) is 5.75 Å². The molecule has 0 amide bonds. The molecule has 5 heteroatoms. The third-order valence-corrected chi connectivity index (χ3v) is 2.69. The maximum absolute atomic E-state index is 13.6. The zero-order valence-electron chi connectivity index (χ0n) is 11.5. The molecule has 1 aromatic rings. The Morgan fingerprint density at radius 1 is 1.42 bits per heavy atom. The van der Waals surface area contributed by atoms with Gasteiger partial charge >= 0.3 is 5.97 Å². The van der Waals surface area contributed by atoms with Gasteiger partial charge in [-0.05, 0) is 24.8 Å². The summed E-state index contributed by atoms with van der Waals surface area (Å²) in [5.74, 6) is -0.580. The number of ether oxygens (including phenoxy) is 2. The minimum atomic E-state index is -0.607.